The Morgan fingerprint density at radius 3 is 2.38 bits per heavy atom. The maximum atomic E-state index is 12.0. The van der Waals surface area contributed by atoms with E-state index < -0.39 is 16.8 Å². The molecule has 0 atom stereocenters. The van der Waals surface area contributed by atoms with Gasteiger partial charge in [-0.1, -0.05) is 12.1 Å². The fraction of sp³-hybridized carbons (Fsp3) is 0. The van der Waals surface area contributed by atoms with Gasteiger partial charge in [0.1, 0.15) is 0 Å². The zero-order valence-electron chi connectivity index (χ0n) is 10.6. The summed E-state index contributed by atoms with van der Waals surface area (Å²) in [5.41, 5.74) is 0.255. The van der Waals surface area contributed by atoms with Crippen LogP contribution in [0.5, 0.6) is 0 Å². The number of carboxylic acids is 1. The van der Waals surface area contributed by atoms with E-state index >= 15 is 0 Å². The van der Waals surface area contributed by atoms with Crippen molar-refractivity contribution >= 4 is 23.3 Å². The van der Waals surface area contributed by atoms with E-state index in [2.05, 4.69) is 5.32 Å². The van der Waals surface area contributed by atoms with Crippen molar-refractivity contribution in [3.63, 3.8) is 0 Å². The number of carboxylic acid groups (broad SMARTS) is 1. The highest BCUT2D eigenvalue weighted by molar-refractivity contribution is 6.05. The highest BCUT2D eigenvalue weighted by Gasteiger charge is 2.11. The molecule has 0 radical (unpaired) electrons. The first-order chi connectivity index (χ1) is 9.97. The average molecular weight is 286 g/mol. The quantitative estimate of drug-likeness (QED) is 0.663. The van der Waals surface area contributed by atoms with Crippen LogP contribution in [0.4, 0.5) is 11.4 Å². The summed E-state index contributed by atoms with van der Waals surface area (Å²) in [5.74, 6) is -1.68. The Hall–Kier alpha value is -3.22. The van der Waals surface area contributed by atoms with E-state index in [0.29, 0.717) is 0 Å². The van der Waals surface area contributed by atoms with Gasteiger partial charge < -0.3 is 10.4 Å². The van der Waals surface area contributed by atoms with Gasteiger partial charge in [0.25, 0.3) is 11.6 Å². The molecule has 0 aliphatic carbocycles. The van der Waals surface area contributed by atoms with Gasteiger partial charge in [0.2, 0.25) is 0 Å². The smallest absolute Gasteiger partial charge is 0.335 e. The van der Waals surface area contributed by atoms with Crippen LogP contribution in [0.25, 0.3) is 0 Å². The first-order valence-corrected chi connectivity index (χ1v) is 5.86. The number of benzene rings is 2. The molecule has 0 aliphatic rings. The molecule has 0 heterocycles. The maximum Gasteiger partial charge on any atom is 0.335 e. The van der Waals surface area contributed by atoms with Crippen molar-refractivity contribution in [3.05, 3.63) is 69.8 Å². The van der Waals surface area contributed by atoms with E-state index in [1.165, 1.54) is 48.5 Å². The summed E-state index contributed by atoms with van der Waals surface area (Å²) < 4.78 is 0. The van der Waals surface area contributed by atoms with E-state index in [4.69, 9.17) is 5.11 Å². The van der Waals surface area contributed by atoms with Crippen molar-refractivity contribution in [1.29, 1.82) is 0 Å². The van der Waals surface area contributed by atoms with E-state index in [1.54, 1.807) is 0 Å². The Bertz CT molecular complexity index is 727. The summed E-state index contributed by atoms with van der Waals surface area (Å²) in [7, 11) is 0. The maximum absolute atomic E-state index is 12.0. The van der Waals surface area contributed by atoms with Crippen molar-refractivity contribution in [3.8, 4) is 0 Å². The monoisotopic (exact) mass is 286 g/mol. The van der Waals surface area contributed by atoms with Gasteiger partial charge in [-0.2, -0.15) is 0 Å². The third kappa shape index (κ3) is 3.41. The highest BCUT2D eigenvalue weighted by Crippen LogP contribution is 2.18. The number of hydrogen-bond donors (Lipinski definition) is 2. The average Bonchev–Trinajstić information content (AvgIpc) is 2.47. The van der Waals surface area contributed by atoms with Gasteiger partial charge in [-0.15, -0.1) is 0 Å². The molecular formula is C14H10N2O5. The number of nitro groups is 1. The van der Waals surface area contributed by atoms with Crippen LogP contribution in [0, 0.1) is 10.1 Å². The lowest BCUT2D eigenvalue weighted by Gasteiger charge is -2.05. The van der Waals surface area contributed by atoms with Crippen LogP contribution in [0.1, 0.15) is 20.7 Å². The number of hydrogen-bond acceptors (Lipinski definition) is 4. The van der Waals surface area contributed by atoms with Crippen LogP contribution in [0.2, 0.25) is 0 Å². The lowest BCUT2D eigenvalue weighted by atomic mass is 10.1. The van der Waals surface area contributed by atoms with E-state index in [0.717, 1.165) is 0 Å². The third-order valence-corrected chi connectivity index (χ3v) is 2.69. The van der Waals surface area contributed by atoms with Gasteiger partial charge in [-0.25, -0.2) is 4.79 Å². The molecule has 0 spiro atoms. The van der Waals surface area contributed by atoms with Crippen LogP contribution in [0.3, 0.4) is 0 Å². The molecule has 1 amide bonds. The number of nitrogens with zero attached hydrogens (tertiary/aromatic N) is 1. The van der Waals surface area contributed by atoms with Gasteiger partial charge >= 0.3 is 5.97 Å². The number of nitrogens with one attached hydrogen (secondary N) is 1. The van der Waals surface area contributed by atoms with Crippen molar-refractivity contribution in [2.75, 3.05) is 5.32 Å². The molecule has 106 valence electrons. The number of anilines is 1. The Morgan fingerprint density at radius 2 is 1.71 bits per heavy atom. The molecule has 0 saturated heterocycles. The van der Waals surface area contributed by atoms with Gasteiger partial charge in [0.05, 0.1) is 10.5 Å². The Morgan fingerprint density at radius 1 is 1.05 bits per heavy atom. The van der Waals surface area contributed by atoms with Crippen LogP contribution in [-0.4, -0.2) is 21.9 Å². The summed E-state index contributed by atoms with van der Waals surface area (Å²) in [6, 6.07) is 11.0. The van der Waals surface area contributed by atoms with Gasteiger partial charge in [0, 0.05) is 23.4 Å². The van der Waals surface area contributed by atoms with Gasteiger partial charge in [-0.3, -0.25) is 14.9 Å². The summed E-state index contributed by atoms with van der Waals surface area (Å²) in [6.07, 6.45) is 0. The lowest BCUT2D eigenvalue weighted by Crippen LogP contribution is -2.12. The first kappa shape index (κ1) is 14.2. The predicted octanol–water partition coefficient (Wildman–Crippen LogP) is 2.55. The predicted molar refractivity (Wildman–Crippen MR) is 74.5 cm³/mol. The molecule has 0 saturated carbocycles. The van der Waals surface area contributed by atoms with E-state index in [9.17, 15) is 19.7 Å². The summed E-state index contributed by atoms with van der Waals surface area (Å²) in [6.45, 7) is 0. The fourth-order valence-corrected chi connectivity index (χ4v) is 1.69. The van der Waals surface area contributed by atoms with Crippen LogP contribution in [-0.2, 0) is 0 Å². The minimum Gasteiger partial charge on any atom is -0.478 e. The van der Waals surface area contributed by atoms with Crippen molar-refractivity contribution in [2.45, 2.75) is 0 Å². The number of amides is 1. The molecule has 21 heavy (non-hydrogen) atoms. The van der Waals surface area contributed by atoms with Crippen molar-refractivity contribution in [1.82, 2.24) is 0 Å². The number of non-ortho nitro benzene ring substituents is 1. The number of rotatable bonds is 4. The molecule has 0 bridgehead atoms. The van der Waals surface area contributed by atoms with E-state index in [1.807, 2.05) is 0 Å². The van der Waals surface area contributed by atoms with Crippen molar-refractivity contribution in [2.24, 2.45) is 0 Å². The normalized spacial score (nSPS) is 9.90. The largest absolute Gasteiger partial charge is 0.478 e. The number of carbonyl (C=O) groups excluding carboxylic acids is 1. The molecule has 0 aliphatic heterocycles. The Kier molecular flexibility index (Phi) is 3.94. The molecule has 2 N–H and O–H groups in total. The van der Waals surface area contributed by atoms with Gasteiger partial charge in [-0.05, 0) is 24.3 Å². The lowest BCUT2D eigenvalue weighted by molar-refractivity contribution is -0.384. The zero-order valence-corrected chi connectivity index (χ0v) is 10.6. The molecule has 2 rings (SSSR count). The zero-order chi connectivity index (χ0) is 15.4. The second-order valence-electron chi connectivity index (χ2n) is 4.15. The summed E-state index contributed by atoms with van der Waals surface area (Å²) in [5, 5.41) is 22.0. The van der Waals surface area contributed by atoms with Crippen molar-refractivity contribution < 1.29 is 19.6 Å². The molecule has 0 unspecified atom stereocenters. The summed E-state index contributed by atoms with van der Waals surface area (Å²) >= 11 is 0. The highest BCUT2D eigenvalue weighted by atomic mass is 16.6. The molecule has 2 aromatic rings. The van der Waals surface area contributed by atoms with Gasteiger partial charge in [0.15, 0.2) is 0 Å². The minimum atomic E-state index is -1.14. The number of aromatic carboxylic acids is 1. The minimum absolute atomic E-state index is 0.0123. The first-order valence-electron chi connectivity index (χ1n) is 5.86. The third-order valence-electron chi connectivity index (χ3n) is 2.69. The number of carbonyl (C=O) groups is 2. The number of nitro benzene ring substituents is 1. The topological polar surface area (TPSA) is 110 Å². The van der Waals surface area contributed by atoms with E-state index in [-0.39, 0.29) is 22.5 Å². The Balaban J connectivity index is 2.22. The molecule has 0 fully saturated rings. The Labute approximate surface area is 119 Å². The molecule has 7 heteroatoms. The van der Waals surface area contributed by atoms with Crippen LogP contribution in [0.15, 0.2) is 48.5 Å². The van der Waals surface area contributed by atoms with Crippen LogP contribution >= 0.6 is 0 Å². The fourth-order valence-electron chi connectivity index (χ4n) is 1.69. The second-order valence-corrected chi connectivity index (χ2v) is 4.15. The SMILES string of the molecule is O=C(O)c1cccc(C(=O)Nc2cccc([N+](=O)[O-])c2)c1. The van der Waals surface area contributed by atoms with Crippen LogP contribution < -0.4 is 5.32 Å². The second kappa shape index (κ2) is 5.83. The molecule has 7 nitrogen and oxygen atoms in total. The standard InChI is InChI=1S/C14H10N2O5/c17-13(9-3-1-4-10(7-9)14(18)19)15-11-5-2-6-12(8-11)16(20)21/h1-8H,(H,15,17)(H,18,19). The molecular weight excluding hydrogens is 276 g/mol. The molecule has 0 aromatic heterocycles. The molecule has 2 aromatic carbocycles. The summed E-state index contributed by atoms with van der Waals surface area (Å²) in [4.78, 5) is 32.9.